The summed E-state index contributed by atoms with van der Waals surface area (Å²) >= 11 is 0. The van der Waals surface area contributed by atoms with Crippen LogP contribution in [0.4, 0.5) is 11.4 Å². The fourth-order valence-electron chi connectivity index (χ4n) is 3.81. The van der Waals surface area contributed by atoms with E-state index < -0.39 is 0 Å². The van der Waals surface area contributed by atoms with E-state index in [0.717, 1.165) is 28.3 Å². The number of azo groups is 1. The van der Waals surface area contributed by atoms with Gasteiger partial charge in [-0.05, 0) is 66.0 Å². The molecule has 0 spiro atoms. The molecular formula is C26H32N2O2. The number of phenolic OH excluding ortho intramolecular Hbond substituents is 2. The van der Waals surface area contributed by atoms with Crippen LogP contribution in [0.3, 0.4) is 0 Å². The average molecular weight is 405 g/mol. The highest BCUT2D eigenvalue weighted by atomic mass is 16.3. The van der Waals surface area contributed by atoms with E-state index in [1.54, 1.807) is 12.1 Å². The molecule has 0 atom stereocenters. The maximum atomic E-state index is 10.7. The third-order valence-corrected chi connectivity index (χ3v) is 5.85. The van der Waals surface area contributed by atoms with Crippen molar-refractivity contribution in [3.8, 4) is 11.5 Å². The van der Waals surface area contributed by atoms with Crippen LogP contribution in [-0.2, 0) is 5.41 Å². The number of rotatable bonds is 7. The van der Waals surface area contributed by atoms with Crippen LogP contribution in [0.5, 0.6) is 11.5 Å². The third kappa shape index (κ3) is 4.64. The molecule has 0 saturated carbocycles. The molecule has 3 aromatic rings. The van der Waals surface area contributed by atoms with Gasteiger partial charge in [0, 0.05) is 5.39 Å². The summed E-state index contributed by atoms with van der Waals surface area (Å²) in [5, 5.41) is 31.1. The number of hydrogen-bond acceptors (Lipinski definition) is 4. The SMILES string of the molecule is CCCCCC(C)(C)c1ccc2c(N=Nc3cc(C)ccc3O)c(O)c(C)cc2c1. The van der Waals surface area contributed by atoms with Crippen LogP contribution >= 0.6 is 0 Å². The molecule has 0 aliphatic rings. The summed E-state index contributed by atoms with van der Waals surface area (Å²) < 4.78 is 0. The van der Waals surface area contributed by atoms with Crippen molar-refractivity contribution in [3.63, 3.8) is 0 Å². The quantitative estimate of drug-likeness (QED) is 0.308. The fraction of sp³-hybridized carbons (Fsp3) is 0.385. The Morgan fingerprint density at radius 2 is 1.67 bits per heavy atom. The molecule has 0 bridgehead atoms. The number of phenols is 2. The van der Waals surface area contributed by atoms with Crippen molar-refractivity contribution >= 4 is 22.1 Å². The van der Waals surface area contributed by atoms with Crippen LogP contribution in [0.25, 0.3) is 10.8 Å². The molecule has 30 heavy (non-hydrogen) atoms. The summed E-state index contributed by atoms with van der Waals surface area (Å²) in [6.07, 6.45) is 4.83. The first-order chi connectivity index (χ1) is 14.2. The molecule has 0 heterocycles. The normalized spacial score (nSPS) is 12.2. The van der Waals surface area contributed by atoms with Gasteiger partial charge in [0.2, 0.25) is 0 Å². The molecule has 0 aliphatic heterocycles. The molecule has 0 aromatic heterocycles. The lowest BCUT2D eigenvalue weighted by Gasteiger charge is -2.26. The Labute approximate surface area is 179 Å². The van der Waals surface area contributed by atoms with Gasteiger partial charge in [-0.1, -0.05) is 64.3 Å². The van der Waals surface area contributed by atoms with Gasteiger partial charge in [0.1, 0.15) is 22.9 Å². The zero-order valence-electron chi connectivity index (χ0n) is 18.7. The Hall–Kier alpha value is -2.88. The number of benzene rings is 3. The fourth-order valence-corrected chi connectivity index (χ4v) is 3.81. The topological polar surface area (TPSA) is 65.2 Å². The Balaban J connectivity index is 2.04. The van der Waals surface area contributed by atoms with Crippen LogP contribution in [0.1, 0.15) is 63.1 Å². The Bertz CT molecular complexity index is 1080. The molecule has 0 amide bonds. The van der Waals surface area contributed by atoms with Crippen molar-refractivity contribution in [2.24, 2.45) is 10.2 Å². The number of nitrogens with zero attached hydrogens (tertiary/aromatic N) is 2. The van der Waals surface area contributed by atoms with E-state index in [1.165, 1.54) is 24.8 Å². The molecule has 0 fully saturated rings. The smallest absolute Gasteiger partial charge is 0.146 e. The maximum Gasteiger partial charge on any atom is 0.146 e. The molecule has 0 saturated heterocycles. The second kappa shape index (κ2) is 8.86. The second-order valence-corrected chi connectivity index (χ2v) is 8.86. The highest BCUT2D eigenvalue weighted by molar-refractivity contribution is 5.96. The van der Waals surface area contributed by atoms with Crippen LogP contribution in [-0.4, -0.2) is 10.2 Å². The van der Waals surface area contributed by atoms with E-state index in [1.807, 2.05) is 32.0 Å². The average Bonchev–Trinajstić information content (AvgIpc) is 2.70. The highest BCUT2D eigenvalue weighted by Crippen LogP contribution is 2.41. The monoisotopic (exact) mass is 404 g/mol. The van der Waals surface area contributed by atoms with Crippen LogP contribution in [0, 0.1) is 13.8 Å². The van der Waals surface area contributed by atoms with E-state index in [0.29, 0.717) is 11.4 Å². The summed E-state index contributed by atoms with van der Waals surface area (Å²) in [7, 11) is 0. The van der Waals surface area contributed by atoms with E-state index in [9.17, 15) is 10.2 Å². The second-order valence-electron chi connectivity index (χ2n) is 8.86. The lowest BCUT2D eigenvalue weighted by molar-refractivity contribution is 0.450. The lowest BCUT2D eigenvalue weighted by atomic mass is 9.79. The van der Waals surface area contributed by atoms with Gasteiger partial charge in [-0.3, -0.25) is 0 Å². The van der Waals surface area contributed by atoms with Gasteiger partial charge in [0.05, 0.1) is 0 Å². The molecular weight excluding hydrogens is 372 g/mol. The van der Waals surface area contributed by atoms with Crippen LogP contribution < -0.4 is 0 Å². The van der Waals surface area contributed by atoms with Crippen molar-refractivity contribution in [3.05, 3.63) is 59.2 Å². The molecule has 4 heteroatoms. The molecule has 3 rings (SSSR count). The minimum Gasteiger partial charge on any atom is -0.506 e. The Morgan fingerprint density at radius 1 is 0.900 bits per heavy atom. The van der Waals surface area contributed by atoms with Crippen molar-refractivity contribution < 1.29 is 10.2 Å². The minimum atomic E-state index is 0.0666. The van der Waals surface area contributed by atoms with Crippen molar-refractivity contribution in [2.45, 2.75) is 65.7 Å². The largest absolute Gasteiger partial charge is 0.506 e. The first-order valence-electron chi connectivity index (χ1n) is 10.7. The number of aryl methyl sites for hydroxylation is 2. The number of unbranched alkanes of at least 4 members (excludes halogenated alkanes) is 2. The van der Waals surface area contributed by atoms with Gasteiger partial charge in [0.15, 0.2) is 0 Å². The van der Waals surface area contributed by atoms with Crippen molar-refractivity contribution in [1.82, 2.24) is 0 Å². The summed E-state index contributed by atoms with van der Waals surface area (Å²) in [5.74, 6) is 0.185. The van der Waals surface area contributed by atoms with E-state index in [-0.39, 0.29) is 16.9 Å². The van der Waals surface area contributed by atoms with Crippen molar-refractivity contribution in [1.29, 1.82) is 0 Å². The van der Waals surface area contributed by atoms with Gasteiger partial charge >= 0.3 is 0 Å². The van der Waals surface area contributed by atoms with Gasteiger partial charge in [-0.2, -0.15) is 0 Å². The third-order valence-electron chi connectivity index (χ3n) is 5.85. The van der Waals surface area contributed by atoms with E-state index in [2.05, 4.69) is 43.1 Å². The zero-order valence-corrected chi connectivity index (χ0v) is 18.7. The standard InChI is InChI=1S/C26H32N2O2/c1-6-7-8-13-26(4,5)20-10-11-21-19(16-20)15-18(3)25(30)24(21)28-27-22-14-17(2)9-12-23(22)29/h9-12,14-16,29-30H,6-8,13H2,1-5H3. The first-order valence-corrected chi connectivity index (χ1v) is 10.7. The summed E-state index contributed by atoms with van der Waals surface area (Å²) in [6, 6.07) is 13.5. The maximum absolute atomic E-state index is 10.7. The lowest BCUT2D eigenvalue weighted by Crippen LogP contribution is -2.16. The number of fused-ring (bicyclic) bond motifs is 1. The van der Waals surface area contributed by atoms with E-state index >= 15 is 0 Å². The van der Waals surface area contributed by atoms with Crippen LogP contribution in [0.2, 0.25) is 0 Å². The molecule has 0 unspecified atom stereocenters. The number of aromatic hydroxyl groups is 2. The predicted molar refractivity (Wildman–Crippen MR) is 125 cm³/mol. The van der Waals surface area contributed by atoms with Crippen LogP contribution in [0.15, 0.2) is 52.7 Å². The van der Waals surface area contributed by atoms with Gasteiger partial charge in [-0.15, -0.1) is 10.2 Å². The molecule has 2 N–H and O–H groups in total. The summed E-state index contributed by atoms with van der Waals surface area (Å²) in [4.78, 5) is 0. The van der Waals surface area contributed by atoms with Gasteiger partial charge in [0.25, 0.3) is 0 Å². The summed E-state index contributed by atoms with van der Waals surface area (Å²) in [5.41, 5.74) is 3.93. The predicted octanol–water partition coefficient (Wildman–Crippen LogP) is 8.14. The molecule has 4 nitrogen and oxygen atoms in total. The zero-order chi connectivity index (χ0) is 21.9. The Morgan fingerprint density at radius 3 is 2.40 bits per heavy atom. The Kier molecular flexibility index (Phi) is 6.45. The van der Waals surface area contributed by atoms with Gasteiger partial charge < -0.3 is 10.2 Å². The van der Waals surface area contributed by atoms with E-state index in [4.69, 9.17) is 0 Å². The first kappa shape index (κ1) is 21.8. The number of hydrogen-bond donors (Lipinski definition) is 2. The molecule has 3 aromatic carbocycles. The van der Waals surface area contributed by atoms with Crippen molar-refractivity contribution in [2.75, 3.05) is 0 Å². The molecule has 0 radical (unpaired) electrons. The summed E-state index contributed by atoms with van der Waals surface area (Å²) in [6.45, 7) is 10.6. The van der Waals surface area contributed by atoms with Gasteiger partial charge in [-0.25, -0.2) is 0 Å². The highest BCUT2D eigenvalue weighted by Gasteiger charge is 2.21. The molecule has 0 aliphatic carbocycles. The molecule has 158 valence electrons. The minimum absolute atomic E-state index is 0.0666.